The average molecular weight is 199 g/mol. The SMILES string of the molecule is CNc1cc(C)nc(-c2ccccc2)n1. The minimum atomic E-state index is 0.764. The lowest BCUT2D eigenvalue weighted by Crippen LogP contribution is -1.98. The van der Waals surface area contributed by atoms with Gasteiger partial charge in [-0.3, -0.25) is 0 Å². The molecule has 1 aromatic heterocycles. The van der Waals surface area contributed by atoms with Gasteiger partial charge in [-0.1, -0.05) is 30.3 Å². The number of nitrogens with zero attached hydrogens (tertiary/aromatic N) is 2. The summed E-state index contributed by atoms with van der Waals surface area (Å²) in [6, 6.07) is 11.9. The Labute approximate surface area is 89.2 Å². The number of hydrogen-bond acceptors (Lipinski definition) is 3. The Bertz CT molecular complexity index is 452. The number of aryl methyl sites for hydroxylation is 1. The monoisotopic (exact) mass is 199 g/mol. The molecule has 0 atom stereocenters. The van der Waals surface area contributed by atoms with Gasteiger partial charge < -0.3 is 5.32 Å². The van der Waals surface area contributed by atoms with Gasteiger partial charge in [0.2, 0.25) is 0 Å². The van der Waals surface area contributed by atoms with Crippen molar-refractivity contribution < 1.29 is 0 Å². The smallest absolute Gasteiger partial charge is 0.161 e. The maximum absolute atomic E-state index is 4.40. The van der Waals surface area contributed by atoms with Crippen LogP contribution in [0.2, 0.25) is 0 Å². The predicted octanol–water partition coefficient (Wildman–Crippen LogP) is 2.49. The van der Waals surface area contributed by atoms with Crippen LogP contribution in [0.4, 0.5) is 5.82 Å². The third-order valence-electron chi connectivity index (χ3n) is 2.14. The van der Waals surface area contributed by atoms with E-state index in [9.17, 15) is 0 Å². The summed E-state index contributed by atoms with van der Waals surface area (Å²) in [4.78, 5) is 8.80. The highest BCUT2D eigenvalue weighted by molar-refractivity contribution is 5.57. The van der Waals surface area contributed by atoms with Crippen LogP contribution in [0, 0.1) is 6.92 Å². The normalized spacial score (nSPS) is 10.0. The second kappa shape index (κ2) is 4.09. The summed E-state index contributed by atoms with van der Waals surface area (Å²) < 4.78 is 0. The van der Waals surface area contributed by atoms with Crippen LogP contribution in [0.5, 0.6) is 0 Å². The quantitative estimate of drug-likeness (QED) is 0.807. The van der Waals surface area contributed by atoms with E-state index in [-0.39, 0.29) is 0 Å². The van der Waals surface area contributed by atoms with Crippen molar-refractivity contribution >= 4 is 5.82 Å². The van der Waals surface area contributed by atoms with Crippen LogP contribution in [0.1, 0.15) is 5.69 Å². The number of benzene rings is 1. The summed E-state index contributed by atoms with van der Waals surface area (Å²) in [7, 11) is 1.86. The van der Waals surface area contributed by atoms with Crippen molar-refractivity contribution in [3.8, 4) is 11.4 Å². The Kier molecular flexibility index (Phi) is 2.63. The van der Waals surface area contributed by atoms with Crippen molar-refractivity contribution in [2.75, 3.05) is 12.4 Å². The van der Waals surface area contributed by atoms with Gasteiger partial charge in [0.15, 0.2) is 5.82 Å². The van der Waals surface area contributed by atoms with E-state index < -0.39 is 0 Å². The lowest BCUT2D eigenvalue weighted by molar-refractivity contribution is 1.11. The molecule has 2 aromatic rings. The fraction of sp³-hybridized carbons (Fsp3) is 0.167. The van der Waals surface area contributed by atoms with Crippen LogP contribution in [0.15, 0.2) is 36.4 Å². The molecule has 0 aliphatic carbocycles. The third kappa shape index (κ3) is 2.13. The van der Waals surface area contributed by atoms with E-state index >= 15 is 0 Å². The van der Waals surface area contributed by atoms with Crippen LogP contribution < -0.4 is 5.32 Å². The summed E-state index contributed by atoms with van der Waals surface area (Å²) >= 11 is 0. The molecule has 1 heterocycles. The maximum atomic E-state index is 4.40. The molecule has 3 nitrogen and oxygen atoms in total. The molecule has 0 saturated carbocycles. The van der Waals surface area contributed by atoms with Crippen LogP contribution in [-0.2, 0) is 0 Å². The molecular formula is C12H13N3. The molecule has 3 heteroatoms. The Balaban J connectivity index is 2.49. The fourth-order valence-corrected chi connectivity index (χ4v) is 1.41. The second-order valence-electron chi connectivity index (χ2n) is 3.33. The van der Waals surface area contributed by atoms with E-state index in [0.29, 0.717) is 0 Å². The van der Waals surface area contributed by atoms with Crippen LogP contribution in [-0.4, -0.2) is 17.0 Å². The van der Waals surface area contributed by atoms with Crippen LogP contribution in [0.3, 0.4) is 0 Å². The van der Waals surface area contributed by atoms with E-state index in [1.165, 1.54) is 0 Å². The van der Waals surface area contributed by atoms with Crippen LogP contribution >= 0.6 is 0 Å². The predicted molar refractivity (Wildman–Crippen MR) is 61.8 cm³/mol. The molecule has 0 aliphatic heterocycles. The summed E-state index contributed by atoms with van der Waals surface area (Å²) in [5, 5.41) is 3.03. The largest absolute Gasteiger partial charge is 0.373 e. The zero-order valence-electron chi connectivity index (χ0n) is 8.86. The van der Waals surface area contributed by atoms with Crippen molar-refractivity contribution in [3.05, 3.63) is 42.1 Å². The van der Waals surface area contributed by atoms with E-state index in [2.05, 4.69) is 15.3 Å². The van der Waals surface area contributed by atoms with E-state index in [1.807, 2.05) is 50.4 Å². The lowest BCUT2D eigenvalue weighted by Gasteiger charge is -2.04. The highest BCUT2D eigenvalue weighted by Crippen LogP contribution is 2.16. The maximum Gasteiger partial charge on any atom is 0.161 e. The molecule has 1 aromatic carbocycles. The number of anilines is 1. The molecular weight excluding hydrogens is 186 g/mol. The topological polar surface area (TPSA) is 37.8 Å². The molecule has 0 bridgehead atoms. The van der Waals surface area contributed by atoms with Gasteiger partial charge in [0.05, 0.1) is 0 Å². The third-order valence-corrected chi connectivity index (χ3v) is 2.14. The Morgan fingerprint density at radius 1 is 1.07 bits per heavy atom. The summed E-state index contributed by atoms with van der Waals surface area (Å²) in [5.41, 5.74) is 2.01. The van der Waals surface area contributed by atoms with E-state index in [1.54, 1.807) is 0 Å². The van der Waals surface area contributed by atoms with Crippen molar-refractivity contribution in [1.29, 1.82) is 0 Å². The first-order chi connectivity index (χ1) is 7.29. The number of rotatable bonds is 2. The number of nitrogens with one attached hydrogen (secondary N) is 1. The summed E-state index contributed by atoms with van der Waals surface area (Å²) in [6.07, 6.45) is 0. The molecule has 0 amide bonds. The zero-order chi connectivity index (χ0) is 10.7. The first-order valence-electron chi connectivity index (χ1n) is 4.88. The van der Waals surface area contributed by atoms with Crippen molar-refractivity contribution in [1.82, 2.24) is 9.97 Å². The fourth-order valence-electron chi connectivity index (χ4n) is 1.41. The molecule has 2 rings (SSSR count). The highest BCUT2D eigenvalue weighted by Gasteiger charge is 2.02. The molecule has 1 N–H and O–H groups in total. The van der Waals surface area contributed by atoms with E-state index in [0.717, 1.165) is 22.9 Å². The number of hydrogen-bond donors (Lipinski definition) is 1. The summed E-state index contributed by atoms with van der Waals surface area (Å²) in [6.45, 7) is 1.97. The van der Waals surface area contributed by atoms with Crippen molar-refractivity contribution in [2.45, 2.75) is 6.92 Å². The Morgan fingerprint density at radius 2 is 1.80 bits per heavy atom. The van der Waals surface area contributed by atoms with Crippen molar-refractivity contribution in [2.24, 2.45) is 0 Å². The highest BCUT2D eigenvalue weighted by atomic mass is 15.0. The minimum Gasteiger partial charge on any atom is -0.373 e. The van der Waals surface area contributed by atoms with Crippen LogP contribution in [0.25, 0.3) is 11.4 Å². The Morgan fingerprint density at radius 3 is 2.47 bits per heavy atom. The van der Waals surface area contributed by atoms with Gasteiger partial charge in [0.25, 0.3) is 0 Å². The molecule has 15 heavy (non-hydrogen) atoms. The van der Waals surface area contributed by atoms with E-state index in [4.69, 9.17) is 0 Å². The first kappa shape index (κ1) is 9.65. The molecule has 0 saturated heterocycles. The molecule has 0 spiro atoms. The lowest BCUT2D eigenvalue weighted by atomic mass is 10.2. The van der Waals surface area contributed by atoms with Gasteiger partial charge in [0.1, 0.15) is 5.82 Å². The van der Waals surface area contributed by atoms with Gasteiger partial charge in [-0.15, -0.1) is 0 Å². The molecule has 0 fully saturated rings. The van der Waals surface area contributed by atoms with Gasteiger partial charge in [0, 0.05) is 24.4 Å². The minimum absolute atomic E-state index is 0.764. The second-order valence-corrected chi connectivity index (χ2v) is 3.33. The van der Waals surface area contributed by atoms with Gasteiger partial charge >= 0.3 is 0 Å². The Hall–Kier alpha value is -1.90. The standard InChI is InChI=1S/C12H13N3/c1-9-8-11(13-2)15-12(14-9)10-6-4-3-5-7-10/h3-8H,1-2H3,(H,13,14,15). The number of aromatic nitrogens is 2. The zero-order valence-corrected chi connectivity index (χ0v) is 8.86. The average Bonchev–Trinajstić information content (AvgIpc) is 2.29. The molecule has 76 valence electrons. The van der Waals surface area contributed by atoms with Gasteiger partial charge in [-0.25, -0.2) is 9.97 Å². The molecule has 0 aliphatic rings. The first-order valence-corrected chi connectivity index (χ1v) is 4.88. The van der Waals surface area contributed by atoms with Gasteiger partial charge in [-0.05, 0) is 6.92 Å². The molecule has 0 radical (unpaired) electrons. The van der Waals surface area contributed by atoms with Crippen molar-refractivity contribution in [3.63, 3.8) is 0 Å². The summed E-state index contributed by atoms with van der Waals surface area (Å²) in [5.74, 6) is 1.61. The molecule has 0 unspecified atom stereocenters. The van der Waals surface area contributed by atoms with Gasteiger partial charge in [-0.2, -0.15) is 0 Å².